The van der Waals surface area contributed by atoms with Crippen LogP contribution >= 0.6 is 0 Å². The molecule has 1 fully saturated rings. The third-order valence-electron chi connectivity index (χ3n) is 4.60. The molecule has 134 valence electrons. The fourth-order valence-electron chi connectivity index (χ4n) is 3.07. The van der Waals surface area contributed by atoms with Gasteiger partial charge in [0, 0.05) is 12.5 Å². The lowest BCUT2D eigenvalue weighted by molar-refractivity contribution is -0.125. The van der Waals surface area contributed by atoms with Crippen molar-refractivity contribution in [2.45, 2.75) is 51.7 Å². The fourth-order valence-corrected chi connectivity index (χ4v) is 3.07. The van der Waals surface area contributed by atoms with Crippen molar-refractivity contribution < 1.29 is 14.3 Å². The van der Waals surface area contributed by atoms with E-state index in [9.17, 15) is 4.79 Å². The molecule has 1 aliphatic carbocycles. The standard InChI is InChI=1S/C19H30N2O3/c1-13(12-20-3)19(22)21-14(2)15-9-10-17(18(11-15)23-4)24-16-7-5-6-8-16/h9-11,13-14,16,20H,5-8,12H2,1-4H3,(H,21,22). The van der Waals surface area contributed by atoms with E-state index in [-0.39, 0.29) is 17.9 Å². The van der Waals surface area contributed by atoms with E-state index in [0.29, 0.717) is 12.6 Å². The average molecular weight is 334 g/mol. The number of nitrogens with one attached hydrogen (secondary N) is 2. The van der Waals surface area contributed by atoms with Gasteiger partial charge >= 0.3 is 0 Å². The molecule has 2 N–H and O–H groups in total. The maximum Gasteiger partial charge on any atom is 0.224 e. The van der Waals surface area contributed by atoms with Gasteiger partial charge in [0.15, 0.2) is 11.5 Å². The summed E-state index contributed by atoms with van der Waals surface area (Å²) in [5, 5.41) is 6.07. The summed E-state index contributed by atoms with van der Waals surface area (Å²) >= 11 is 0. The molecule has 24 heavy (non-hydrogen) atoms. The predicted octanol–water partition coefficient (Wildman–Crippen LogP) is 3.05. The van der Waals surface area contributed by atoms with Crippen LogP contribution in [0.15, 0.2) is 18.2 Å². The van der Waals surface area contributed by atoms with E-state index in [4.69, 9.17) is 9.47 Å². The van der Waals surface area contributed by atoms with Gasteiger partial charge in [0.25, 0.3) is 0 Å². The van der Waals surface area contributed by atoms with E-state index in [0.717, 1.165) is 29.9 Å². The normalized spacial score (nSPS) is 17.3. The highest BCUT2D eigenvalue weighted by atomic mass is 16.5. The first kappa shape index (κ1) is 18.6. The maximum absolute atomic E-state index is 12.2. The van der Waals surface area contributed by atoms with Gasteiger partial charge in [-0.2, -0.15) is 0 Å². The van der Waals surface area contributed by atoms with Crippen LogP contribution in [0.2, 0.25) is 0 Å². The second-order valence-electron chi connectivity index (χ2n) is 6.62. The fraction of sp³-hybridized carbons (Fsp3) is 0.632. The number of methoxy groups -OCH3 is 1. The lowest BCUT2D eigenvalue weighted by Gasteiger charge is -2.20. The third-order valence-corrected chi connectivity index (χ3v) is 4.60. The minimum absolute atomic E-state index is 0.0436. The third kappa shape index (κ3) is 4.87. The summed E-state index contributed by atoms with van der Waals surface area (Å²) in [5.74, 6) is 1.49. The highest BCUT2D eigenvalue weighted by Crippen LogP contribution is 2.33. The Bertz CT molecular complexity index is 541. The number of hydrogen-bond acceptors (Lipinski definition) is 4. The van der Waals surface area contributed by atoms with Crippen LogP contribution in [0.25, 0.3) is 0 Å². The Morgan fingerprint density at radius 2 is 1.96 bits per heavy atom. The number of carbonyl (C=O) groups is 1. The number of ether oxygens (including phenoxy) is 2. The Kier molecular flexibility index (Phi) is 6.91. The van der Waals surface area contributed by atoms with Gasteiger partial charge in [0.2, 0.25) is 5.91 Å². The second-order valence-corrected chi connectivity index (χ2v) is 6.62. The van der Waals surface area contributed by atoms with Gasteiger partial charge in [-0.05, 0) is 57.4 Å². The van der Waals surface area contributed by atoms with Crippen molar-refractivity contribution in [2.24, 2.45) is 5.92 Å². The van der Waals surface area contributed by atoms with Crippen LogP contribution in [-0.2, 0) is 4.79 Å². The molecule has 5 heteroatoms. The van der Waals surface area contributed by atoms with Gasteiger partial charge in [-0.25, -0.2) is 0 Å². The van der Waals surface area contributed by atoms with Crippen LogP contribution in [0.3, 0.4) is 0 Å². The highest BCUT2D eigenvalue weighted by molar-refractivity contribution is 5.79. The summed E-state index contributed by atoms with van der Waals surface area (Å²) in [4.78, 5) is 12.2. The molecule has 0 bridgehead atoms. The largest absolute Gasteiger partial charge is 0.493 e. The quantitative estimate of drug-likeness (QED) is 0.767. The zero-order valence-corrected chi connectivity index (χ0v) is 15.2. The molecule has 1 aliphatic rings. The minimum atomic E-state index is -0.0776. The average Bonchev–Trinajstić information content (AvgIpc) is 3.08. The van der Waals surface area contributed by atoms with E-state index >= 15 is 0 Å². The van der Waals surface area contributed by atoms with E-state index in [1.165, 1.54) is 12.8 Å². The zero-order chi connectivity index (χ0) is 17.5. The first-order valence-electron chi connectivity index (χ1n) is 8.84. The number of hydrogen-bond donors (Lipinski definition) is 2. The molecule has 0 aliphatic heterocycles. The summed E-state index contributed by atoms with van der Waals surface area (Å²) < 4.78 is 11.6. The summed E-state index contributed by atoms with van der Waals surface area (Å²) in [6, 6.07) is 5.83. The molecule has 0 aromatic heterocycles. The van der Waals surface area contributed by atoms with Crippen molar-refractivity contribution >= 4 is 5.91 Å². The topological polar surface area (TPSA) is 59.6 Å². The number of benzene rings is 1. The van der Waals surface area contributed by atoms with E-state index in [1.54, 1.807) is 7.11 Å². The summed E-state index contributed by atoms with van der Waals surface area (Å²) in [6.45, 7) is 4.56. The molecule has 1 amide bonds. The van der Waals surface area contributed by atoms with Crippen LogP contribution < -0.4 is 20.1 Å². The van der Waals surface area contributed by atoms with Crippen LogP contribution in [0.5, 0.6) is 11.5 Å². The van der Waals surface area contributed by atoms with Crippen molar-refractivity contribution in [1.29, 1.82) is 0 Å². The number of rotatable bonds is 8. The minimum Gasteiger partial charge on any atom is -0.493 e. The maximum atomic E-state index is 12.2. The van der Waals surface area contributed by atoms with Crippen molar-refractivity contribution in [2.75, 3.05) is 20.7 Å². The van der Waals surface area contributed by atoms with Gasteiger partial charge in [-0.1, -0.05) is 13.0 Å². The molecule has 2 rings (SSSR count). The molecule has 0 heterocycles. The van der Waals surface area contributed by atoms with Gasteiger partial charge in [0.05, 0.1) is 19.3 Å². The Morgan fingerprint density at radius 3 is 2.58 bits per heavy atom. The summed E-state index contributed by atoms with van der Waals surface area (Å²) in [7, 11) is 3.50. The lowest BCUT2D eigenvalue weighted by Crippen LogP contribution is -2.35. The summed E-state index contributed by atoms with van der Waals surface area (Å²) in [5.41, 5.74) is 1.01. The Balaban J connectivity index is 2.03. The zero-order valence-electron chi connectivity index (χ0n) is 15.2. The van der Waals surface area contributed by atoms with Gasteiger partial charge in [-0.3, -0.25) is 4.79 Å². The van der Waals surface area contributed by atoms with Crippen molar-refractivity contribution in [3.05, 3.63) is 23.8 Å². The van der Waals surface area contributed by atoms with Crippen LogP contribution in [0, 0.1) is 5.92 Å². The molecular formula is C19H30N2O3. The highest BCUT2D eigenvalue weighted by Gasteiger charge is 2.20. The second kappa shape index (κ2) is 8.92. The molecular weight excluding hydrogens is 304 g/mol. The first-order valence-corrected chi connectivity index (χ1v) is 8.84. The molecule has 1 aromatic carbocycles. The van der Waals surface area contributed by atoms with Crippen LogP contribution in [-0.4, -0.2) is 32.7 Å². The van der Waals surface area contributed by atoms with Gasteiger partial charge < -0.3 is 20.1 Å². The number of carbonyl (C=O) groups excluding carboxylic acids is 1. The Hall–Kier alpha value is -1.75. The first-order chi connectivity index (χ1) is 11.5. The smallest absolute Gasteiger partial charge is 0.224 e. The monoisotopic (exact) mass is 334 g/mol. The molecule has 0 radical (unpaired) electrons. The molecule has 2 atom stereocenters. The molecule has 5 nitrogen and oxygen atoms in total. The van der Waals surface area contributed by atoms with Crippen molar-refractivity contribution in [3.8, 4) is 11.5 Å². The van der Waals surface area contributed by atoms with E-state index in [1.807, 2.05) is 39.1 Å². The molecule has 1 saturated carbocycles. The SMILES string of the molecule is CNCC(C)C(=O)NC(C)c1ccc(OC2CCCC2)c(OC)c1. The number of amides is 1. The van der Waals surface area contributed by atoms with Gasteiger partial charge in [-0.15, -0.1) is 0 Å². The Morgan fingerprint density at radius 1 is 1.25 bits per heavy atom. The Labute approximate surface area is 145 Å². The summed E-state index contributed by atoms with van der Waals surface area (Å²) in [6.07, 6.45) is 4.99. The van der Waals surface area contributed by atoms with Crippen molar-refractivity contribution in [1.82, 2.24) is 10.6 Å². The van der Waals surface area contributed by atoms with Gasteiger partial charge in [0.1, 0.15) is 0 Å². The van der Waals surface area contributed by atoms with Crippen LogP contribution in [0.4, 0.5) is 0 Å². The predicted molar refractivity (Wildman–Crippen MR) is 95.5 cm³/mol. The van der Waals surface area contributed by atoms with Crippen molar-refractivity contribution in [3.63, 3.8) is 0 Å². The van der Waals surface area contributed by atoms with E-state index in [2.05, 4.69) is 10.6 Å². The molecule has 1 aromatic rings. The van der Waals surface area contributed by atoms with Crippen LogP contribution in [0.1, 0.15) is 51.1 Å². The molecule has 0 saturated heterocycles. The molecule has 0 spiro atoms. The van der Waals surface area contributed by atoms with E-state index < -0.39 is 0 Å². The molecule has 2 unspecified atom stereocenters. The lowest BCUT2D eigenvalue weighted by atomic mass is 10.1.